The van der Waals surface area contributed by atoms with E-state index in [0.717, 1.165) is 23.5 Å². The van der Waals surface area contributed by atoms with Gasteiger partial charge < -0.3 is 9.13 Å². The standard InChI is InChI=1S/C21H19FN6OS/c1-2-27-12-16(24-14-27)5-6-17-13-30-21(25-17)26-20(29)18-4-3-9-28(18)11-15-7-8-23-19(22)10-15/h3-10,12-14H,2,11H2,1H3,(H,25,26,29). The molecule has 0 saturated heterocycles. The van der Waals surface area contributed by atoms with Gasteiger partial charge in [0.05, 0.1) is 17.7 Å². The van der Waals surface area contributed by atoms with Crippen molar-refractivity contribution in [3.63, 3.8) is 0 Å². The molecule has 0 spiro atoms. The van der Waals surface area contributed by atoms with E-state index in [1.807, 2.05) is 28.3 Å². The second kappa shape index (κ2) is 8.83. The van der Waals surface area contributed by atoms with Gasteiger partial charge in [-0.25, -0.2) is 15.0 Å². The summed E-state index contributed by atoms with van der Waals surface area (Å²) in [6, 6.07) is 6.56. The Balaban J connectivity index is 1.42. The number of pyridine rings is 1. The zero-order chi connectivity index (χ0) is 20.9. The average molecular weight is 422 g/mol. The Bertz CT molecular complexity index is 1190. The lowest BCUT2D eigenvalue weighted by Gasteiger charge is -2.09. The number of amides is 1. The molecular weight excluding hydrogens is 403 g/mol. The molecule has 30 heavy (non-hydrogen) atoms. The molecule has 0 fully saturated rings. The van der Waals surface area contributed by atoms with Gasteiger partial charge in [-0.15, -0.1) is 11.3 Å². The zero-order valence-corrected chi connectivity index (χ0v) is 17.0. The smallest absolute Gasteiger partial charge is 0.274 e. The number of anilines is 1. The van der Waals surface area contributed by atoms with Crippen LogP contribution in [0.25, 0.3) is 12.2 Å². The van der Waals surface area contributed by atoms with E-state index >= 15 is 0 Å². The lowest BCUT2D eigenvalue weighted by atomic mass is 10.2. The molecule has 0 aromatic carbocycles. The second-order valence-electron chi connectivity index (χ2n) is 6.50. The highest BCUT2D eigenvalue weighted by atomic mass is 32.1. The molecule has 9 heteroatoms. The van der Waals surface area contributed by atoms with Crippen LogP contribution >= 0.6 is 11.3 Å². The number of thiazole rings is 1. The molecule has 1 N–H and O–H groups in total. The van der Waals surface area contributed by atoms with Gasteiger partial charge in [0, 0.05) is 37.1 Å². The van der Waals surface area contributed by atoms with Crippen LogP contribution in [0.3, 0.4) is 0 Å². The van der Waals surface area contributed by atoms with E-state index in [9.17, 15) is 9.18 Å². The third-order valence-electron chi connectivity index (χ3n) is 4.39. The molecule has 0 atom stereocenters. The van der Waals surface area contributed by atoms with E-state index in [1.54, 1.807) is 35.3 Å². The number of carbonyl (C=O) groups is 1. The summed E-state index contributed by atoms with van der Waals surface area (Å²) in [5.41, 5.74) is 2.77. The summed E-state index contributed by atoms with van der Waals surface area (Å²) in [6.45, 7) is 3.29. The monoisotopic (exact) mass is 422 g/mol. The number of carbonyl (C=O) groups excluding carboxylic acids is 1. The molecule has 0 aliphatic heterocycles. The molecule has 4 rings (SSSR count). The highest BCUT2D eigenvalue weighted by Crippen LogP contribution is 2.19. The van der Waals surface area contributed by atoms with Gasteiger partial charge in [0.2, 0.25) is 5.95 Å². The first-order valence-corrected chi connectivity index (χ1v) is 10.2. The summed E-state index contributed by atoms with van der Waals surface area (Å²) in [5, 5.41) is 5.19. The molecule has 4 aromatic rings. The number of hydrogen-bond acceptors (Lipinski definition) is 5. The van der Waals surface area contributed by atoms with Crippen LogP contribution in [0.15, 0.2) is 54.6 Å². The number of hydrogen-bond donors (Lipinski definition) is 1. The highest BCUT2D eigenvalue weighted by Gasteiger charge is 2.13. The van der Waals surface area contributed by atoms with Crippen molar-refractivity contribution in [2.75, 3.05) is 5.32 Å². The van der Waals surface area contributed by atoms with E-state index in [-0.39, 0.29) is 5.91 Å². The average Bonchev–Trinajstić information content (AvgIpc) is 3.47. The Hall–Kier alpha value is -3.59. The summed E-state index contributed by atoms with van der Waals surface area (Å²) in [6.07, 6.45) is 10.7. The molecule has 0 aliphatic rings. The summed E-state index contributed by atoms with van der Waals surface area (Å²) < 4.78 is 17.1. The number of rotatable bonds is 7. The summed E-state index contributed by atoms with van der Waals surface area (Å²) in [4.78, 5) is 25.0. The Morgan fingerprint density at radius 1 is 1.27 bits per heavy atom. The van der Waals surface area contributed by atoms with E-state index in [0.29, 0.717) is 17.4 Å². The maximum atomic E-state index is 13.3. The summed E-state index contributed by atoms with van der Waals surface area (Å²) >= 11 is 1.34. The Morgan fingerprint density at radius 2 is 2.13 bits per heavy atom. The normalized spacial score (nSPS) is 11.3. The van der Waals surface area contributed by atoms with Crippen molar-refractivity contribution in [2.45, 2.75) is 20.0 Å². The number of imidazole rings is 1. The van der Waals surface area contributed by atoms with Crippen LogP contribution in [0.2, 0.25) is 0 Å². The lowest BCUT2D eigenvalue weighted by molar-refractivity contribution is 0.101. The molecule has 0 radical (unpaired) electrons. The quantitative estimate of drug-likeness (QED) is 0.454. The van der Waals surface area contributed by atoms with Gasteiger partial charge in [0.1, 0.15) is 5.69 Å². The van der Waals surface area contributed by atoms with Crippen molar-refractivity contribution in [1.29, 1.82) is 0 Å². The molecule has 0 bridgehead atoms. The Kier molecular flexibility index (Phi) is 5.80. The molecule has 0 aliphatic carbocycles. The summed E-state index contributed by atoms with van der Waals surface area (Å²) in [5.74, 6) is -0.823. The van der Waals surface area contributed by atoms with Gasteiger partial charge >= 0.3 is 0 Å². The maximum absolute atomic E-state index is 13.3. The summed E-state index contributed by atoms with van der Waals surface area (Å²) in [7, 11) is 0. The first-order valence-electron chi connectivity index (χ1n) is 9.33. The SMILES string of the molecule is CCn1cnc(C=Cc2csc(NC(=O)c3cccn3Cc3ccnc(F)c3)n2)c1. The first kappa shape index (κ1) is 19.7. The van der Waals surface area contributed by atoms with Crippen molar-refractivity contribution < 1.29 is 9.18 Å². The van der Waals surface area contributed by atoms with Crippen LogP contribution in [-0.2, 0) is 13.1 Å². The van der Waals surface area contributed by atoms with Gasteiger partial charge in [-0.3, -0.25) is 10.1 Å². The second-order valence-corrected chi connectivity index (χ2v) is 7.36. The number of nitrogens with zero attached hydrogens (tertiary/aromatic N) is 5. The predicted octanol–water partition coefficient (Wildman–Crippen LogP) is 4.17. The van der Waals surface area contributed by atoms with Crippen LogP contribution in [0.5, 0.6) is 0 Å². The lowest BCUT2D eigenvalue weighted by Crippen LogP contribution is -2.17. The minimum absolute atomic E-state index is 0.277. The van der Waals surface area contributed by atoms with Gasteiger partial charge in [-0.2, -0.15) is 4.39 Å². The van der Waals surface area contributed by atoms with Gasteiger partial charge in [0.25, 0.3) is 5.91 Å². The molecule has 1 amide bonds. The number of halogens is 1. The fraction of sp³-hybridized carbons (Fsp3) is 0.143. The molecule has 0 unspecified atom stereocenters. The molecule has 152 valence electrons. The van der Waals surface area contributed by atoms with Crippen molar-refractivity contribution in [1.82, 2.24) is 24.1 Å². The third-order valence-corrected chi connectivity index (χ3v) is 5.17. The number of nitrogens with one attached hydrogen (secondary N) is 1. The fourth-order valence-electron chi connectivity index (χ4n) is 2.88. The van der Waals surface area contributed by atoms with E-state index in [1.165, 1.54) is 23.6 Å². The predicted molar refractivity (Wildman–Crippen MR) is 115 cm³/mol. The van der Waals surface area contributed by atoms with Gasteiger partial charge in [-0.1, -0.05) is 0 Å². The van der Waals surface area contributed by atoms with Crippen molar-refractivity contribution >= 4 is 34.5 Å². The van der Waals surface area contributed by atoms with E-state index in [4.69, 9.17) is 0 Å². The Labute approximate surface area is 176 Å². The van der Waals surface area contributed by atoms with Crippen LogP contribution in [0.4, 0.5) is 9.52 Å². The molecule has 4 aromatic heterocycles. The van der Waals surface area contributed by atoms with Crippen molar-refractivity contribution in [2.24, 2.45) is 0 Å². The topological polar surface area (TPSA) is 77.6 Å². The number of aromatic nitrogens is 5. The van der Waals surface area contributed by atoms with Crippen LogP contribution in [0, 0.1) is 5.95 Å². The fourth-order valence-corrected chi connectivity index (χ4v) is 3.56. The largest absolute Gasteiger partial charge is 0.339 e. The van der Waals surface area contributed by atoms with Crippen LogP contribution in [0.1, 0.15) is 34.4 Å². The van der Waals surface area contributed by atoms with Gasteiger partial charge in [0.15, 0.2) is 5.13 Å². The number of aryl methyl sites for hydroxylation is 1. The zero-order valence-electron chi connectivity index (χ0n) is 16.2. The molecule has 7 nitrogen and oxygen atoms in total. The van der Waals surface area contributed by atoms with Crippen LogP contribution in [-0.4, -0.2) is 30.0 Å². The Morgan fingerprint density at radius 3 is 2.93 bits per heavy atom. The van der Waals surface area contributed by atoms with E-state index < -0.39 is 5.95 Å². The molecule has 4 heterocycles. The van der Waals surface area contributed by atoms with E-state index in [2.05, 4.69) is 27.2 Å². The minimum atomic E-state index is -0.546. The molecule has 0 saturated carbocycles. The van der Waals surface area contributed by atoms with Gasteiger partial charge in [-0.05, 0) is 48.9 Å². The maximum Gasteiger partial charge on any atom is 0.274 e. The minimum Gasteiger partial charge on any atom is -0.339 e. The highest BCUT2D eigenvalue weighted by molar-refractivity contribution is 7.14. The third kappa shape index (κ3) is 4.69. The van der Waals surface area contributed by atoms with Crippen molar-refractivity contribution in [3.8, 4) is 0 Å². The van der Waals surface area contributed by atoms with Crippen LogP contribution < -0.4 is 5.32 Å². The van der Waals surface area contributed by atoms with Crippen molar-refractivity contribution in [3.05, 3.63) is 83.2 Å². The first-order chi connectivity index (χ1) is 14.6. The molecular formula is C21H19FN6OS.